The average Bonchev–Trinajstić information content (AvgIpc) is 2.27. The van der Waals surface area contributed by atoms with Crippen LogP contribution in [0.15, 0.2) is 17.3 Å². The van der Waals surface area contributed by atoms with Crippen LogP contribution in [0.4, 0.5) is 5.82 Å². The number of nitrogens with zero attached hydrogens (tertiary/aromatic N) is 2. The van der Waals surface area contributed by atoms with Crippen molar-refractivity contribution >= 4 is 11.5 Å². The summed E-state index contributed by atoms with van der Waals surface area (Å²) in [6.45, 7) is 0.729. The summed E-state index contributed by atoms with van der Waals surface area (Å²) in [5.74, 6) is 1.26. The number of rotatable bonds is 1. The molecule has 0 saturated carbocycles. The fraction of sp³-hybridized carbons (Fsp3) is 0.333. The van der Waals surface area contributed by atoms with Crippen molar-refractivity contribution < 1.29 is 9.94 Å². The lowest BCUT2D eigenvalue weighted by Crippen LogP contribution is -2.20. The first-order valence-electron chi connectivity index (χ1n) is 4.35. The van der Waals surface area contributed by atoms with Crippen molar-refractivity contribution in [3.8, 4) is 5.88 Å². The van der Waals surface area contributed by atoms with Gasteiger partial charge in [0.15, 0.2) is 0 Å². The van der Waals surface area contributed by atoms with Gasteiger partial charge in [0, 0.05) is 24.6 Å². The molecule has 5 nitrogen and oxygen atoms in total. The highest BCUT2D eigenvalue weighted by Crippen LogP contribution is 2.22. The smallest absolute Gasteiger partial charge is 0.214 e. The monoisotopic (exact) mass is 193 g/mol. The van der Waals surface area contributed by atoms with Gasteiger partial charge in [0.05, 0.1) is 12.8 Å². The quantitative estimate of drug-likeness (QED) is 0.517. The molecule has 2 heterocycles. The third kappa shape index (κ3) is 1.37. The fourth-order valence-electron chi connectivity index (χ4n) is 1.46. The highest BCUT2D eigenvalue weighted by atomic mass is 16.5. The largest absolute Gasteiger partial charge is 0.481 e. The van der Waals surface area contributed by atoms with Crippen LogP contribution in [-0.2, 0) is 0 Å². The van der Waals surface area contributed by atoms with Gasteiger partial charge in [-0.1, -0.05) is 5.16 Å². The van der Waals surface area contributed by atoms with Crippen LogP contribution in [0.25, 0.3) is 0 Å². The van der Waals surface area contributed by atoms with Crippen LogP contribution in [0.5, 0.6) is 5.88 Å². The van der Waals surface area contributed by atoms with Gasteiger partial charge >= 0.3 is 0 Å². The zero-order valence-corrected chi connectivity index (χ0v) is 7.82. The van der Waals surface area contributed by atoms with E-state index >= 15 is 0 Å². The molecule has 74 valence electrons. The van der Waals surface area contributed by atoms with Gasteiger partial charge in [-0.05, 0) is 6.07 Å². The van der Waals surface area contributed by atoms with Crippen molar-refractivity contribution in [3.05, 3.63) is 17.7 Å². The van der Waals surface area contributed by atoms with Gasteiger partial charge in [-0.15, -0.1) is 0 Å². The second-order valence-corrected chi connectivity index (χ2v) is 2.97. The Labute approximate surface area is 81.4 Å². The van der Waals surface area contributed by atoms with Crippen molar-refractivity contribution in [2.24, 2.45) is 5.16 Å². The maximum absolute atomic E-state index is 8.77. The summed E-state index contributed by atoms with van der Waals surface area (Å²) in [7, 11) is 1.57. The molecule has 0 atom stereocenters. The van der Waals surface area contributed by atoms with Crippen LogP contribution in [-0.4, -0.2) is 29.6 Å². The molecule has 5 heteroatoms. The first-order valence-corrected chi connectivity index (χ1v) is 4.35. The predicted molar refractivity (Wildman–Crippen MR) is 52.2 cm³/mol. The molecule has 0 fully saturated rings. The molecular formula is C9H11N3O2. The predicted octanol–water partition coefficient (Wildman–Crippen LogP) is 1.08. The van der Waals surface area contributed by atoms with Gasteiger partial charge in [0.25, 0.3) is 0 Å². The van der Waals surface area contributed by atoms with Crippen molar-refractivity contribution in [3.63, 3.8) is 0 Å². The molecule has 0 bridgehead atoms. The number of oxime groups is 1. The highest BCUT2D eigenvalue weighted by Gasteiger charge is 2.17. The normalized spacial score (nSPS) is 17.4. The van der Waals surface area contributed by atoms with Crippen molar-refractivity contribution in [2.45, 2.75) is 6.42 Å². The van der Waals surface area contributed by atoms with Gasteiger partial charge in [0.2, 0.25) is 5.88 Å². The first kappa shape index (κ1) is 8.80. The Hall–Kier alpha value is -1.78. The van der Waals surface area contributed by atoms with Gasteiger partial charge < -0.3 is 15.3 Å². The van der Waals surface area contributed by atoms with E-state index in [1.54, 1.807) is 13.2 Å². The zero-order valence-electron chi connectivity index (χ0n) is 7.82. The Morgan fingerprint density at radius 2 is 2.43 bits per heavy atom. The van der Waals surface area contributed by atoms with Crippen LogP contribution in [0.3, 0.4) is 0 Å². The molecule has 0 aliphatic carbocycles. The van der Waals surface area contributed by atoms with Crippen molar-refractivity contribution in [1.82, 2.24) is 4.98 Å². The number of nitrogens with one attached hydrogen (secondary N) is 1. The molecule has 0 spiro atoms. The lowest BCUT2D eigenvalue weighted by molar-refractivity contribution is 0.318. The molecule has 0 unspecified atom stereocenters. The van der Waals surface area contributed by atoms with Crippen molar-refractivity contribution in [1.29, 1.82) is 0 Å². The average molecular weight is 193 g/mol. The van der Waals surface area contributed by atoms with Crippen LogP contribution < -0.4 is 10.1 Å². The van der Waals surface area contributed by atoms with E-state index in [-0.39, 0.29) is 0 Å². The molecule has 0 saturated heterocycles. The van der Waals surface area contributed by atoms with E-state index in [1.165, 1.54) is 0 Å². The summed E-state index contributed by atoms with van der Waals surface area (Å²) in [6, 6.07) is 3.58. The lowest BCUT2D eigenvalue weighted by atomic mass is 10.1. The van der Waals surface area contributed by atoms with E-state index in [0.29, 0.717) is 23.8 Å². The standard InChI is InChI=1S/C9H11N3O2/c1-14-8-3-2-6-7(12-13)4-5-10-9(6)11-8/h2-3,13H,4-5H2,1H3,(H,10,11)/b12-7+. The highest BCUT2D eigenvalue weighted by molar-refractivity contribution is 6.05. The molecule has 14 heavy (non-hydrogen) atoms. The van der Waals surface area contributed by atoms with E-state index in [2.05, 4.69) is 15.5 Å². The molecule has 1 aromatic heterocycles. The minimum atomic E-state index is 0.551. The van der Waals surface area contributed by atoms with Gasteiger partial charge in [0.1, 0.15) is 5.82 Å². The number of ether oxygens (including phenoxy) is 1. The Morgan fingerprint density at radius 3 is 3.14 bits per heavy atom. The zero-order chi connectivity index (χ0) is 9.97. The summed E-state index contributed by atoms with van der Waals surface area (Å²) < 4.78 is 5.00. The molecule has 0 radical (unpaired) electrons. The van der Waals surface area contributed by atoms with Gasteiger partial charge in [-0.2, -0.15) is 4.98 Å². The third-order valence-electron chi connectivity index (χ3n) is 2.16. The second kappa shape index (κ2) is 3.53. The topological polar surface area (TPSA) is 66.7 Å². The van der Waals surface area contributed by atoms with E-state index in [0.717, 1.165) is 12.1 Å². The summed E-state index contributed by atoms with van der Waals surface area (Å²) in [6.07, 6.45) is 0.706. The summed E-state index contributed by atoms with van der Waals surface area (Å²) in [5, 5.41) is 15.1. The van der Waals surface area contributed by atoms with Crippen molar-refractivity contribution in [2.75, 3.05) is 19.0 Å². The molecular weight excluding hydrogens is 182 g/mol. The van der Waals surface area contributed by atoms with E-state index in [1.807, 2.05) is 6.07 Å². The summed E-state index contributed by atoms with van der Waals surface area (Å²) in [5.41, 5.74) is 1.49. The van der Waals surface area contributed by atoms with Crippen LogP contribution >= 0.6 is 0 Å². The molecule has 1 aromatic rings. The SMILES string of the molecule is COc1ccc2c(n1)NCC/C2=N\O. The summed E-state index contributed by atoms with van der Waals surface area (Å²) in [4.78, 5) is 4.20. The number of anilines is 1. The maximum Gasteiger partial charge on any atom is 0.214 e. The van der Waals surface area contributed by atoms with E-state index in [9.17, 15) is 0 Å². The number of methoxy groups -OCH3 is 1. The molecule has 2 rings (SSSR count). The molecule has 0 aromatic carbocycles. The number of pyridine rings is 1. The molecule has 2 N–H and O–H groups in total. The van der Waals surface area contributed by atoms with Crippen LogP contribution in [0.1, 0.15) is 12.0 Å². The molecule has 1 aliphatic rings. The van der Waals surface area contributed by atoms with Crippen LogP contribution in [0, 0.1) is 0 Å². The number of hydrogen-bond donors (Lipinski definition) is 2. The number of hydrogen-bond acceptors (Lipinski definition) is 5. The van der Waals surface area contributed by atoms with E-state index < -0.39 is 0 Å². The minimum Gasteiger partial charge on any atom is -0.481 e. The van der Waals surface area contributed by atoms with Crippen LogP contribution in [0.2, 0.25) is 0 Å². The fourth-order valence-corrected chi connectivity index (χ4v) is 1.46. The second-order valence-electron chi connectivity index (χ2n) is 2.97. The van der Waals surface area contributed by atoms with Gasteiger partial charge in [-0.25, -0.2) is 0 Å². The Morgan fingerprint density at radius 1 is 1.57 bits per heavy atom. The molecule has 0 amide bonds. The maximum atomic E-state index is 8.77. The Bertz CT molecular complexity index is 376. The minimum absolute atomic E-state index is 0.551. The lowest BCUT2D eigenvalue weighted by Gasteiger charge is -2.17. The van der Waals surface area contributed by atoms with Gasteiger partial charge in [-0.3, -0.25) is 0 Å². The third-order valence-corrected chi connectivity index (χ3v) is 2.16. The summed E-state index contributed by atoms with van der Waals surface area (Å²) >= 11 is 0. The molecule has 1 aliphatic heterocycles. The number of fused-ring (bicyclic) bond motifs is 1. The Balaban J connectivity index is 2.46. The first-order chi connectivity index (χ1) is 6.85. The Kier molecular flexibility index (Phi) is 2.22. The number of aromatic nitrogens is 1. The van der Waals surface area contributed by atoms with E-state index in [4.69, 9.17) is 9.94 Å².